The van der Waals surface area contributed by atoms with E-state index in [0.29, 0.717) is 6.04 Å². The lowest BCUT2D eigenvalue weighted by Gasteiger charge is -2.32. The van der Waals surface area contributed by atoms with Crippen molar-refractivity contribution in [3.05, 3.63) is 49.3 Å². The lowest BCUT2D eigenvalue weighted by atomic mass is 9.94. The third-order valence-electron chi connectivity index (χ3n) is 5.81. The van der Waals surface area contributed by atoms with Gasteiger partial charge in [0.05, 0.1) is 17.2 Å². The van der Waals surface area contributed by atoms with Crippen LogP contribution in [0.25, 0.3) is 11.0 Å². The van der Waals surface area contributed by atoms with E-state index in [1.54, 1.807) is 6.08 Å². The Labute approximate surface area is 175 Å². The van der Waals surface area contributed by atoms with Gasteiger partial charge in [-0.2, -0.15) is 0 Å². The number of hydrogen-bond acceptors (Lipinski definition) is 5. The highest BCUT2D eigenvalue weighted by Crippen LogP contribution is 2.27. The molecule has 0 aliphatic carbocycles. The molecule has 1 aliphatic rings. The minimum atomic E-state index is 0.454. The predicted octanol–water partition coefficient (Wildman–Crippen LogP) is 4.76. The van der Waals surface area contributed by atoms with Crippen LogP contribution in [-0.4, -0.2) is 42.2 Å². The lowest BCUT2D eigenvalue weighted by molar-refractivity contribution is 0.394. The van der Waals surface area contributed by atoms with Crippen molar-refractivity contribution in [2.24, 2.45) is 5.92 Å². The second-order valence-electron chi connectivity index (χ2n) is 8.20. The molecule has 0 radical (unpaired) electrons. The van der Waals surface area contributed by atoms with E-state index in [0.717, 1.165) is 60.3 Å². The first kappa shape index (κ1) is 21.3. The third-order valence-corrected chi connectivity index (χ3v) is 5.81. The Hall–Kier alpha value is -2.40. The first-order chi connectivity index (χ1) is 14.0. The van der Waals surface area contributed by atoms with Crippen LogP contribution in [0.5, 0.6) is 0 Å². The number of benzene rings is 1. The van der Waals surface area contributed by atoms with Gasteiger partial charge < -0.3 is 15.1 Å². The minimum Gasteiger partial charge on any atom is -0.355 e. The summed E-state index contributed by atoms with van der Waals surface area (Å²) in [6.07, 6.45) is 7.48. The molecule has 0 atom stereocenters. The Morgan fingerprint density at radius 3 is 2.72 bits per heavy atom. The normalized spacial score (nSPS) is 15.1. The minimum absolute atomic E-state index is 0.454. The Kier molecular flexibility index (Phi) is 7.26. The summed E-state index contributed by atoms with van der Waals surface area (Å²) >= 11 is 0. The monoisotopic (exact) mass is 393 g/mol. The molecule has 1 aliphatic heterocycles. The highest BCUT2D eigenvalue weighted by Gasteiger charge is 2.19. The molecule has 5 nitrogen and oxygen atoms in total. The molecule has 2 heterocycles. The number of nitrogens with zero attached hydrogens (tertiary/aromatic N) is 4. The van der Waals surface area contributed by atoms with Gasteiger partial charge in [0.2, 0.25) is 0 Å². The number of nitrogens with one attached hydrogen (secondary N) is 1. The molecule has 2 aromatic rings. The van der Waals surface area contributed by atoms with Gasteiger partial charge in [0.15, 0.2) is 0 Å². The van der Waals surface area contributed by atoms with Gasteiger partial charge in [0.1, 0.15) is 5.82 Å². The molecule has 0 unspecified atom stereocenters. The van der Waals surface area contributed by atoms with E-state index in [1.807, 2.05) is 12.3 Å². The van der Waals surface area contributed by atoms with Gasteiger partial charge in [-0.25, -0.2) is 4.98 Å². The molecular formula is C24H35N5. The average Bonchev–Trinajstić information content (AvgIpc) is 2.75. The molecule has 1 aromatic heterocycles. The van der Waals surface area contributed by atoms with Crippen molar-refractivity contribution in [2.75, 3.05) is 36.0 Å². The molecule has 1 fully saturated rings. The summed E-state index contributed by atoms with van der Waals surface area (Å²) in [5, 5.41) is 3.47. The van der Waals surface area contributed by atoms with E-state index < -0.39 is 0 Å². The molecule has 1 N–H and O–H groups in total. The number of allylic oxidation sites excluding steroid dienone is 1. The summed E-state index contributed by atoms with van der Waals surface area (Å²) in [5.41, 5.74) is 3.81. The highest BCUT2D eigenvalue weighted by molar-refractivity contribution is 5.80. The number of piperidine rings is 1. The van der Waals surface area contributed by atoms with Gasteiger partial charge in [-0.15, -0.1) is 0 Å². The van der Waals surface area contributed by atoms with E-state index in [1.165, 1.54) is 19.3 Å². The zero-order chi connectivity index (χ0) is 20.8. The Morgan fingerprint density at radius 2 is 2.07 bits per heavy atom. The summed E-state index contributed by atoms with van der Waals surface area (Å²) in [6.45, 7) is 18.5. The zero-order valence-corrected chi connectivity index (χ0v) is 18.2. The second-order valence-corrected chi connectivity index (χ2v) is 8.20. The maximum atomic E-state index is 4.95. The molecule has 156 valence electrons. The molecule has 1 saturated heterocycles. The van der Waals surface area contributed by atoms with Gasteiger partial charge in [0, 0.05) is 43.6 Å². The van der Waals surface area contributed by atoms with Crippen LogP contribution in [0.15, 0.2) is 49.3 Å². The number of hydrogen-bond donors (Lipinski definition) is 1. The fourth-order valence-corrected chi connectivity index (χ4v) is 3.89. The number of aromatic nitrogens is 2. The van der Waals surface area contributed by atoms with Crippen molar-refractivity contribution < 1.29 is 0 Å². The number of fused-ring (bicyclic) bond motifs is 1. The van der Waals surface area contributed by atoms with Gasteiger partial charge in [-0.3, -0.25) is 4.98 Å². The first-order valence-corrected chi connectivity index (χ1v) is 10.9. The van der Waals surface area contributed by atoms with E-state index in [9.17, 15) is 0 Å². The molecule has 5 heteroatoms. The Bertz CT molecular complexity index is 836. The Balaban J connectivity index is 1.82. The third kappa shape index (κ3) is 5.36. The fraction of sp³-hybridized carbons (Fsp3) is 0.500. The van der Waals surface area contributed by atoms with Crippen LogP contribution in [0.2, 0.25) is 0 Å². The Morgan fingerprint density at radius 1 is 1.31 bits per heavy atom. The molecule has 3 rings (SSSR count). The highest BCUT2D eigenvalue weighted by atomic mass is 15.2. The van der Waals surface area contributed by atoms with Crippen molar-refractivity contribution in [1.29, 1.82) is 0 Å². The molecule has 0 amide bonds. The van der Waals surface area contributed by atoms with Gasteiger partial charge >= 0.3 is 0 Å². The molecule has 29 heavy (non-hydrogen) atoms. The summed E-state index contributed by atoms with van der Waals surface area (Å²) in [4.78, 5) is 14.2. The quantitative estimate of drug-likeness (QED) is 0.622. The molecule has 0 spiro atoms. The van der Waals surface area contributed by atoms with Crippen LogP contribution in [0.1, 0.15) is 40.0 Å². The van der Waals surface area contributed by atoms with Crippen LogP contribution < -0.4 is 15.1 Å². The summed E-state index contributed by atoms with van der Waals surface area (Å²) in [5.74, 6) is 1.84. The van der Waals surface area contributed by atoms with E-state index in [2.05, 4.69) is 66.2 Å². The zero-order valence-electron chi connectivity index (χ0n) is 18.2. The van der Waals surface area contributed by atoms with E-state index in [4.69, 9.17) is 4.98 Å². The van der Waals surface area contributed by atoms with Crippen molar-refractivity contribution in [1.82, 2.24) is 15.3 Å². The molecule has 0 bridgehead atoms. The maximum absolute atomic E-state index is 4.95. The van der Waals surface area contributed by atoms with Gasteiger partial charge in [-0.1, -0.05) is 40.3 Å². The molecule has 0 saturated carbocycles. The largest absolute Gasteiger partial charge is 0.355 e. The van der Waals surface area contributed by atoms with Crippen molar-refractivity contribution in [3.8, 4) is 0 Å². The van der Waals surface area contributed by atoms with Crippen LogP contribution in [0.3, 0.4) is 0 Å². The summed E-state index contributed by atoms with van der Waals surface area (Å²) < 4.78 is 0. The first-order valence-electron chi connectivity index (χ1n) is 10.9. The van der Waals surface area contributed by atoms with Crippen molar-refractivity contribution in [2.45, 2.75) is 46.1 Å². The van der Waals surface area contributed by atoms with Crippen molar-refractivity contribution >= 4 is 22.5 Å². The maximum Gasteiger partial charge on any atom is 0.147 e. The van der Waals surface area contributed by atoms with Crippen molar-refractivity contribution in [3.63, 3.8) is 0 Å². The van der Waals surface area contributed by atoms with Crippen LogP contribution >= 0.6 is 0 Å². The number of anilines is 2. The molecular weight excluding hydrogens is 358 g/mol. The smallest absolute Gasteiger partial charge is 0.147 e. The number of rotatable bonds is 9. The average molecular weight is 394 g/mol. The predicted molar refractivity (Wildman–Crippen MR) is 125 cm³/mol. The standard InChI is InChI=1S/C24H35N5/c1-6-19(5)29(15-12-25-18(3)4)21-8-9-22-23(16-21)27-24(17-26-22)28-13-10-20(7-2)11-14-28/h6,8-9,16-18,20,25H,1,5,7,10-15H2,2-4H3. The lowest BCUT2D eigenvalue weighted by Crippen LogP contribution is -2.34. The van der Waals surface area contributed by atoms with Crippen LogP contribution in [-0.2, 0) is 0 Å². The SMILES string of the molecule is C=CC(=C)N(CCNC(C)C)c1ccc2ncc(N3CCC(CC)CC3)nc2c1. The topological polar surface area (TPSA) is 44.3 Å². The molecule has 1 aromatic carbocycles. The second kappa shape index (κ2) is 9.88. The summed E-state index contributed by atoms with van der Waals surface area (Å²) in [6, 6.07) is 6.71. The van der Waals surface area contributed by atoms with Crippen LogP contribution in [0, 0.1) is 5.92 Å². The van der Waals surface area contributed by atoms with E-state index >= 15 is 0 Å². The van der Waals surface area contributed by atoms with Gasteiger partial charge in [0.25, 0.3) is 0 Å². The fourth-order valence-electron chi connectivity index (χ4n) is 3.89. The summed E-state index contributed by atoms with van der Waals surface area (Å²) in [7, 11) is 0. The van der Waals surface area contributed by atoms with Crippen LogP contribution in [0.4, 0.5) is 11.5 Å². The van der Waals surface area contributed by atoms with Gasteiger partial charge in [-0.05, 0) is 43.0 Å². The van der Waals surface area contributed by atoms with E-state index in [-0.39, 0.29) is 0 Å².